The van der Waals surface area contributed by atoms with Crippen molar-refractivity contribution in [3.8, 4) is 0 Å². The molecule has 7 unspecified atom stereocenters. The van der Waals surface area contributed by atoms with Gasteiger partial charge in [-0.2, -0.15) is 0 Å². The van der Waals surface area contributed by atoms with Crippen LogP contribution in [0.15, 0.2) is 24.3 Å². The summed E-state index contributed by atoms with van der Waals surface area (Å²) < 4.78 is -0.195. The number of aliphatic carboxylic acids is 1. The topological polar surface area (TPSA) is 63.3 Å². The first kappa shape index (κ1) is 23.6. The van der Waals surface area contributed by atoms with Crippen LogP contribution >= 0.6 is 23.4 Å². The molecule has 0 radical (unpaired) electrons. The van der Waals surface area contributed by atoms with E-state index in [0.29, 0.717) is 35.5 Å². The van der Waals surface area contributed by atoms with Crippen molar-refractivity contribution >= 4 is 29.3 Å². The van der Waals surface area contributed by atoms with E-state index in [4.69, 9.17) is 17.3 Å². The second kappa shape index (κ2) is 8.97. The van der Waals surface area contributed by atoms with Crippen molar-refractivity contribution in [2.45, 2.75) is 64.5 Å². The van der Waals surface area contributed by atoms with E-state index in [1.54, 1.807) is 11.8 Å². The summed E-state index contributed by atoms with van der Waals surface area (Å²) in [5, 5.41) is 10.0. The minimum atomic E-state index is -0.938. The van der Waals surface area contributed by atoms with E-state index in [1.807, 2.05) is 19.1 Å². The highest BCUT2D eigenvalue weighted by Crippen LogP contribution is 2.65. The Bertz CT molecular complexity index is 678. The number of rotatable bonds is 7. The predicted octanol–water partition coefficient (Wildman–Crippen LogP) is 5.90. The Morgan fingerprint density at radius 1 is 1.11 bits per heavy atom. The van der Waals surface area contributed by atoms with Crippen LogP contribution in [0.3, 0.4) is 0 Å². The van der Waals surface area contributed by atoms with E-state index >= 15 is 0 Å². The van der Waals surface area contributed by atoms with Gasteiger partial charge in [-0.3, -0.25) is 4.79 Å². The van der Waals surface area contributed by atoms with Crippen LogP contribution < -0.4 is 5.73 Å². The lowest BCUT2D eigenvalue weighted by atomic mass is 9.72. The second-order valence-corrected chi connectivity index (χ2v) is 11.3. The maximum Gasteiger partial charge on any atom is 0.321 e. The molecule has 2 rings (SSSR count). The molecule has 28 heavy (non-hydrogen) atoms. The number of hydrogen-bond donors (Lipinski definition) is 2. The maximum absolute atomic E-state index is 11.6. The number of nitrogens with two attached hydrogens (primary N) is 1. The standard InChI is InChI=1S/C23H36ClNO2S/c1-12(2)19-14(5)15(6)23(20(19)13(3)4,17-8-10-18(24)11-9-17)28-16(7)21(25)22(26)27/h8-16,19-21H,25H2,1-7H3,(H,26,27). The number of carbonyl (C=O) groups is 1. The molecular formula is C23H36ClNO2S. The molecule has 1 fully saturated rings. The van der Waals surface area contributed by atoms with Crippen LogP contribution in [0.5, 0.6) is 0 Å². The number of carboxylic acid groups (broad SMARTS) is 1. The Hall–Kier alpha value is -0.710. The zero-order chi connectivity index (χ0) is 21.4. The van der Waals surface area contributed by atoms with Gasteiger partial charge in [0.05, 0.1) is 0 Å². The first-order chi connectivity index (χ1) is 12.9. The van der Waals surface area contributed by atoms with Gasteiger partial charge in [-0.15, -0.1) is 11.8 Å². The van der Waals surface area contributed by atoms with Gasteiger partial charge in [0.1, 0.15) is 6.04 Å². The van der Waals surface area contributed by atoms with Gasteiger partial charge in [-0.25, -0.2) is 0 Å². The summed E-state index contributed by atoms with van der Waals surface area (Å²) in [5.41, 5.74) is 7.30. The van der Waals surface area contributed by atoms with Gasteiger partial charge in [0.2, 0.25) is 0 Å². The van der Waals surface area contributed by atoms with Crippen molar-refractivity contribution in [3.05, 3.63) is 34.9 Å². The maximum atomic E-state index is 11.6. The number of thioether (sulfide) groups is 1. The van der Waals surface area contributed by atoms with E-state index in [2.05, 4.69) is 53.7 Å². The normalized spacial score (nSPS) is 32.7. The lowest BCUT2D eigenvalue weighted by Gasteiger charge is -2.45. The van der Waals surface area contributed by atoms with E-state index in [0.717, 1.165) is 5.02 Å². The fourth-order valence-corrected chi connectivity index (χ4v) is 7.90. The lowest BCUT2D eigenvalue weighted by Crippen LogP contribution is -2.45. The summed E-state index contributed by atoms with van der Waals surface area (Å²) in [7, 11) is 0. The molecule has 0 aromatic heterocycles. The molecule has 1 aromatic carbocycles. The third-order valence-electron chi connectivity index (χ3n) is 6.94. The first-order valence-corrected chi connectivity index (χ1v) is 11.6. The van der Waals surface area contributed by atoms with Crippen LogP contribution in [0.2, 0.25) is 5.02 Å². The molecule has 1 aliphatic rings. The van der Waals surface area contributed by atoms with Gasteiger partial charge in [0, 0.05) is 15.0 Å². The molecule has 1 aliphatic carbocycles. The fraction of sp³-hybridized carbons (Fsp3) is 0.696. The molecule has 158 valence electrons. The molecule has 7 atom stereocenters. The lowest BCUT2D eigenvalue weighted by molar-refractivity contribution is -0.138. The van der Waals surface area contributed by atoms with E-state index in [-0.39, 0.29) is 10.00 Å². The number of benzene rings is 1. The van der Waals surface area contributed by atoms with E-state index in [9.17, 15) is 9.90 Å². The van der Waals surface area contributed by atoms with Crippen LogP contribution in [0.4, 0.5) is 0 Å². The highest BCUT2D eigenvalue weighted by atomic mass is 35.5. The molecular weight excluding hydrogens is 390 g/mol. The third-order valence-corrected chi connectivity index (χ3v) is 9.12. The predicted molar refractivity (Wildman–Crippen MR) is 121 cm³/mol. The molecule has 0 amide bonds. The summed E-state index contributed by atoms with van der Waals surface area (Å²) in [6.45, 7) is 15.9. The van der Waals surface area contributed by atoms with Crippen LogP contribution in [0.25, 0.3) is 0 Å². The monoisotopic (exact) mass is 425 g/mol. The van der Waals surface area contributed by atoms with Crippen molar-refractivity contribution in [1.29, 1.82) is 0 Å². The molecule has 0 spiro atoms. The molecule has 0 bridgehead atoms. The molecule has 3 nitrogen and oxygen atoms in total. The van der Waals surface area contributed by atoms with E-state index < -0.39 is 12.0 Å². The zero-order valence-corrected chi connectivity index (χ0v) is 19.7. The Morgan fingerprint density at radius 3 is 2.07 bits per heavy atom. The molecule has 1 saturated carbocycles. The smallest absolute Gasteiger partial charge is 0.321 e. The van der Waals surface area contributed by atoms with Crippen LogP contribution in [0, 0.1) is 35.5 Å². The van der Waals surface area contributed by atoms with Crippen LogP contribution in [-0.2, 0) is 9.54 Å². The fourth-order valence-electron chi connectivity index (χ4n) is 5.60. The summed E-state index contributed by atoms with van der Waals surface area (Å²) in [6.07, 6.45) is 0. The highest BCUT2D eigenvalue weighted by molar-refractivity contribution is 8.01. The number of hydrogen-bond acceptors (Lipinski definition) is 3. The van der Waals surface area contributed by atoms with Crippen molar-refractivity contribution in [2.24, 2.45) is 41.2 Å². The van der Waals surface area contributed by atoms with Gasteiger partial charge in [-0.1, -0.05) is 72.2 Å². The highest BCUT2D eigenvalue weighted by Gasteiger charge is 2.60. The van der Waals surface area contributed by atoms with Gasteiger partial charge in [0.25, 0.3) is 0 Å². The number of carboxylic acids is 1. The second-order valence-electron chi connectivity index (χ2n) is 9.23. The van der Waals surface area contributed by atoms with Gasteiger partial charge >= 0.3 is 5.97 Å². The quantitative estimate of drug-likeness (QED) is 0.570. The Morgan fingerprint density at radius 2 is 1.64 bits per heavy atom. The van der Waals surface area contributed by atoms with Crippen molar-refractivity contribution in [2.75, 3.05) is 0 Å². The van der Waals surface area contributed by atoms with Crippen molar-refractivity contribution in [3.63, 3.8) is 0 Å². The van der Waals surface area contributed by atoms with Crippen molar-refractivity contribution < 1.29 is 9.90 Å². The largest absolute Gasteiger partial charge is 0.480 e. The first-order valence-electron chi connectivity index (χ1n) is 10.4. The SMILES string of the molecule is CC(C)C1C(C)C(C)C(SC(C)C(N)C(=O)O)(c2ccc(Cl)cc2)C1C(C)C. The minimum Gasteiger partial charge on any atom is -0.480 e. The molecule has 0 heterocycles. The van der Waals surface area contributed by atoms with Crippen LogP contribution in [-0.4, -0.2) is 22.4 Å². The van der Waals surface area contributed by atoms with Gasteiger partial charge in [0.15, 0.2) is 0 Å². The summed E-state index contributed by atoms with van der Waals surface area (Å²) in [5.74, 6) is 2.00. The van der Waals surface area contributed by atoms with Crippen LogP contribution in [0.1, 0.15) is 54.0 Å². The minimum absolute atomic E-state index is 0.195. The zero-order valence-electron chi connectivity index (χ0n) is 18.1. The van der Waals surface area contributed by atoms with Gasteiger partial charge < -0.3 is 10.8 Å². The molecule has 0 aliphatic heterocycles. The molecule has 5 heteroatoms. The number of halogens is 1. The van der Waals surface area contributed by atoms with Crippen molar-refractivity contribution in [1.82, 2.24) is 0 Å². The van der Waals surface area contributed by atoms with E-state index in [1.165, 1.54) is 5.56 Å². The summed E-state index contributed by atoms with van der Waals surface area (Å²) >= 11 is 7.97. The average molecular weight is 426 g/mol. The Balaban J connectivity index is 2.68. The summed E-state index contributed by atoms with van der Waals surface area (Å²) in [6, 6.07) is 7.30. The average Bonchev–Trinajstić information content (AvgIpc) is 2.84. The van der Waals surface area contributed by atoms with Gasteiger partial charge in [-0.05, 0) is 53.2 Å². The molecule has 3 N–H and O–H groups in total. The molecule has 0 saturated heterocycles. The Kier molecular flexibility index (Phi) is 7.55. The molecule has 1 aromatic rings. The summed E-state index contributed by atoms with van der Waals surface area (Å²) in [4.78, 5) is 11.6. The Labute approximate surface area is 179 Å². The third kappa shape index (κ3) is 4.11.